The highest BCUT2D eigenvalue weighted by atomic mass is 16.5. The zero-order valence-corrected chi connectivity index (χ0v) is 17.1. The Labute approximate surface area is 172 Å². The minimum atomic E-state index is -0.354. The lowest BCUT2D eigenvalue weighted by Crippen LogP contribution is -2.44. The summed E-state index contributed by atoms with van der Waals surface area (Å²) >= 11 is 0. The Balaban J connectivity index is 1.53. The van der Waals surface area contributed by atoms with Crippen LogP contribution in [0.4, 0.5) is 0 Å². The van der Waals surface area contributed by atoms with Crippen molar-refractivity contribution < 1.29 is 14.3 Å². The number of hydrogen-bond donors (Lipinski definition) is 1. The predicted molar refractivity (Wildman–Crippen MR) is 114 cm³/mol. The molecule has 1 aliphatic rings. The lowest BCUT2D eigenvalue weighted by molar-refractivity contribution is -0.141. The molecule has 0 aliphatic carbocycles. The molecular weight excluding hydrogens is 364 g/mol. The molecule has 1 fully saturated rings. The van der Waals surface area contributed by atoms with E-state index in [1.807, 2.05) is 6.07 Å². The van der Waals surface area contributed by atoms with Crippen LogP contribution in [0.25, 0.3) is 6.08 Å². The van der Waals surface area contributed by atoms with Gasteiger partial charge in [-0.25, -0.2) is 4.79 Å². The molecule has 1 saturated heterocycles. The Morgan fingerprint density at radius 2 is 1.86 bits per heavy atom. The van der Waals surface area contributed by atoms with Gasteiger partial charge in [-0.15, -0.1) is 0 Å². The fourth-order valence-corrected chi connectivity index (χ4v) is 3.64. The van der Waals surface area contributed by atoms with Crippen molar-refractivity contribution in [2.75, 3.05) is 20.2 Å². The first kappa shape index (κ1) is 20.8. The molecule has 1 N–H and O–H groups in total. The van der Waals surface area contributed by atoms with Crippen LogP contribution in [0.5, 0.6) is 0 Å². The van der Waals surface area contributed by atoms with E-state index in [0.29, 0.717) is 12.2 Å². The number of nitrogens with one attached hydrogen (secondary N) is 1. The summed E-state index contributed by atoms with van der Waals surface area (Å²) in [5.74, 6) is -0.488. The molecule has 3 rings (SSSR count). The SMILES string of the molecule is CNC(=O)c1ccc(/C=C\C(=O)OC[C@]2(C)CCCN2Cc2ccccc2)cc1. The monoisotopic (exact) mass is 392 g/mol. The standard InChI is InChI=1S/C24H28N2O3/c1-24(15-6-16-26(24)17-20-7-4-3-5-8-20)18-29-22(27)14-11-19-9-12-21(13-10-19)23(28)25-2/h3-5,7-14H,6,15-18H2,1-2H3,(H,25,28)/b14-11-/t24-/m0/s1. The molecule has 0 unspecified atom stereocenters. The molecule has 1 aliphatic heterocycles. The van der Waals surface area contributed by atoms with E-state index in [1.54, 1.807) is 37.4 Å². The largest absolute Gasteiger partial charge is 0.461 e. The van der Waals surface area contributed by atoms with E-state index in [2.05, 4.69) is 41.4 Å². The number of ether oxygens (including phenoxy) is 1. The molecule has 1 amide bonds. The van der Waals surface area contributed by atoms with Crippen molar-refractivity contribution in [2.24, 2.45) is 0 Å². The summed E-state index contributed by atoms with van der Waals surface area (Å²) in [5.41, 5.74) is 2.55. The van der Waals surface area contributed by atoms with Gasteiger partial charge in [-0.2, -0.15) is 0 Å². The normalized spacial score (nSPS) is 19.4. The van der Waals surface area contributed by atoms with Gasteiger partial charge >= 0.3 is 5.97 Å². The molecule has 0 spiro atoms. The van der Waals surface area contributed by atoms with E-state index in [9.17, 15) is 9.59 Å². The summed E-state index contributed by atoms with van der Waals surface area (Å²) in [5, 5.41) is 2.58. The van der Waals surface area contributed by atoms with Crippen molar-refractivity contribution in [3.05, 3.63) is 77.4 Å². The van der Waals surface area contributed by atoms with E-state index in [4.69, 9.17) is 4.74 Å². The first-order valence-electron chi connectivity index (χ1n) is 9.96. The van der Waals surface area contributed by atoms with Crippen LogP contribution < -0.4 is 5.32 Å². The van der Waals surface area contributed by atoms with Crippen LogP contribution in [0.3, 0.4) is 0 Å². The van der Waals surface area contributed by atoms with Gasteiger partial charge in [-0.1, -0.05) is 42.5 Å². The lowest BCUT2D eigenvalue weighted by Gasteiger charge is -2.34. The number of amides is 1. The second kappa shape index (κ2) is 9.52. The molecule has 1 atom stereocenters. The fourth-order valence-electron chi connectivity index (χ4n) is 3.64. The summed E-state index contributed by atoms with van der Waals surface area (Å²) in [6.45, 7) is 4.41. The first-order valence-corrected chi connectivity index (χ1v) is 9.96. The number of carbonyl (C=O) groups is 2. The average molecular weight is 392 g/mol. The maximum atomic E-state index is 12.2. The summed E-state index contributed by atoms with van der Waals surface area (Å²) < 4.78 is 5.57. The summed E-state index contributed by atoms with van der Waals surface area (Å²) in [7, 11) is 1.60. The summed E-state index contributed by atoms with van der Waals surface area (Å²) in [6, 6.07) is 17.4. The van der Waals surface area contributed by atoms with E-state index < -0.39 is 0 Å². The van der Waals surface area contributed by atoms with Gasteiger partial charge < -0.3 is 10.1 Å². The second-order valence-electron chi connectivity index (χ2n) is 7.65. The molecule has 0 saturated carbocycles. The van der Waals surface area contributed by atoms with Crippen LogP contribution in [-0.2, 0) is 16.1 Å². The van der Waals surface area contributed by atoms with Gasteiger partial charge in [0.25, 0.3) is 5.91 Å². The third-order valence-corrected chi connectivity index (χ3v) is 5.46. The fraction of sp³-hybridized carbons (Fsp3) is 0.333. The van der Waals surface area contributed by atoms with Gasteiger partial charge in [-0.05, 0) is 55.6 Å². The number of carbonyl (C=O) groups excluding carboxylic acids is 2. The number of likely N-dealkylation sites (tertiary alicyclic amines) is 1. The van der Waals surface area contributed by atoms with E-state index >= 15 is 0 Å². The van der Waals surface area contributed by atoms with Crippen LogP contribution in [0.1, 0.15) is 41.3 Å². The Morgan fingerprint density at radius 1 is 1.14 bits per heavy atom. The van der Waals surface area contributed by atoms with Crippen LogP contribution >= 0.6 is 0 Å². The topological polar surface area (TPSA) is 58.6 Å². The van der Waals surface area contributed by atoms with Gasteiger partial charge in [0.05, 0.1) is 5.54 Å². The molecule has 2 aromatic rings. The third kappa shape index (κ3) is 5.55. The quantitative estimate of drug-likeness (QED) is 0.577. The van der Waals surface area contributed by atoms with Crippen molar-refractivity contribution in [1.29, 1.82) is 0 Å². The second-order valence-corrected chi connectivity index (χ2v) is 7.65. The van der Waals surface area contributed by atoms with Crippen molar-refractivity contribution >= 4 is 18.0 Å². The highest BCUT2D eigenvalue weighted by Gasteiger charge is 2.37. The number of rotatable bonds is 7. The van der Waals surface area contributed by atoms with Crippen molar-refractivity contribution in [2.45, 2.75) is 31.8 Å². The zero-order valence-electron chi connectivity index (χ0n) is 17.1. The Morgan fingerprint density at radius 3 is 2.55 bits per heavy atom. The third-order valence-electron chi connectivity index (χ3n) is 5.46. The molecule has 0 aromatic heterocycles. The molecular formula is C24H28N2O3. The Kier molecular flexibility index (Phi) is 6.83. The number of esters is 1. The van der Waals surface area contributed by atoms with Crippen molar-refractivity contribution in [3.63, 3.8) is 0 Å². The van der Waals surface area contributed by atoms with E-state index in [1.165, 1.54) is 11.6 Å². The molecule has 1 heterocycles. The first-order chi connectivity index (χ1) is 14.0. The molecule has 2 aromatic carbocycles. The molecule has 0 bridgehead atoms. The number of nitrogens with zero attached hydrogens (tertiary/aromatic N) is 1. The lowest BCUT2D eigenvalue weighted by atomic mass is 9.99. The molecule has 0 radical (unpaired) electrons. The minimum Gasteiger partial charge on any atom is -0.461 e. The smallest absolute Gasteiger partial charge is 0.330 e. The van der Waals surface area contributed by atoms with Gasteiger partial charge in [0, 0.05) is 25.2 Å². The molecule has 152 valence electrons. The van der Waals surface area contributed by atoms with Crippen LogP contribution in [0.2, 0.25) is 0 Å². The molecule has 5 heteroatoms. The van der Waals surface area contributed by atoms with Gasteiger partial charge in [-0.3, -0.25) is 9.69 Å². The van der Waals surface area contributed by atoms with Crippen molar-refractivity contribution in [3.8, 4) is 0 Å². The van der Waals surface area contributed by atoms with Crippen LogP contribution in [-0.4, -0.2) is 42.5 Å². The highest BCUT2D eigenvalue weighted by Crippen LogP contribution is 2.30. The predicted octanol–water partition coefficient (Wildman–Crippen LogP) is 3.66. The molecule has 29 heavy (non-hydrogen) atoms. The Hall–Kier alpha value is -2.92. The molecule has 5 nitrogen and oxygen atoms in total. The van der Waals surface area contributed by atoms with Crippen molar-refractivity contribution in [1.82, 2.24) is 10.2 Å². The maximum Gasteiger partial charge on any atom is 0.330 e. The van der Waals surface area contributed by atoms with E-state index in [0.717, 1.165) is 31.5 Å². The minimum absolute atomic E-state index is 0.134. The maximum absolute atomic E-state index is 12.2. The number of benzene rings is 2. The van der Waals surface area contributed by atoms with Gasteiger partial charge in [0.1, 0.15) is 6.61 Å². The summed E-state index contributed by atoms with van der Waals surface area (Å²) in [4.78, 5) is 26.2. The Bertz CT molecular complexity index is 861. The highest BCUT2D eigenvalue weighted by molar-refractivity contribution is 5.94. The van der Waals surface area contributed by atoms with Gasteiger partial charge in [0.15, 0.2) is 0 Å². The van der Waals surface area contributed by atoms with Crippen LogP contribution in [0.15, 0.2) is 60.7 Å². The number of hydrogen-bond acceptors (Lipinski definition) is 4. The average Bonchev–Trinajstić information content (AvgIpc) is 3.11. The zero-order chi connectivity index (χ0) is 20.7. The van der Waals surface area contributed by atoms with Gasteiger partial charge in [0.2, 0.25) is 0 Å². The van der Waals surface area contributed by atoms with E-state index in [-0.39, 0.29) is 17.4 Å². The van der Waals surface area contributed by atoms with Crippen LogP contribution in [0, 0.1) is 0 Å². The summed E-state index contributed by atoms with van der Waals surface area (Å²) in [6.07, 6.45) is 5.26.